The zero-order valence-electron chi connectivity index (χ0n) is 6.60. The molecule has 0 aliphatic heterocycles. The molecule has 2 heteroatoms. The standard InChI is InChI=1S/C8H12O2/c1-5-7(9)10-8(3,4)6-2/h2H,5H2,1,3-4H3. The molecule has 0 aromatic heterocycles. The molecular formula is C8H12O2. The van der Waals surface area contributed by atoms with E-state index in [1.54, 1.807) is 20.8 Å². The summed E-state index contributed by atoms with van der Waals surface area (Å²) in [6.45, 7) is 5.09. The fourth-order valence-electron chi connectivity index (χ4n) is 0.386. The number of hydrogen-bond donors (Lipinski definition) is 0. The lowest BCUT2D eigenvalue weighted by atomic mass is 10.1. The van der Waals surface area contributed by atoms with Gasteiger partial charge in [0.15, 0.2) is 5.60 Å². The molecule has 0 saturated carbocycles. The first-order chi connectivity index (χ1) is 4.52. The van der Waals surface area contributed by atoms with E-state index in [4.69, 9.17) is 11.2 Å². The van der Waals surface area contributed by atoms with Crippen LogP contribution in [0.25, 0.3) is 0 Å². The summed E-state index contributed by atoms with van der Waals surface area (Å²) in [5.74, 6) is 2.10. The van der Waals surface area contributed by atoms with E-state index < -0.39 is 5.60 Å². The SMILES string of the molecule is C#CC(C)(C)OC(=O)CC. The molecule has 0 spiro atoms. The molecule has 0 aliphatic carbocycles. The maximum absolute atomic E-state index is 10.7. The maximum Gasteiger partial charge on any atom is 0.307 e. The number of terminal acetylenes is 1. The van der Waals surface area contributed by atoms with Gasteiger partial charge in [-0.1, -0.05) is 12.8 Å². The van der Waals surface area contributed by atoms with Crippen LogP contribution in [0.3, 0.4) is 0 Å². The summed E-state index contributed by atoms with van der Waals surface area (Å²) in [6.07, 6.45) is 5.45. The van der Waals surface area contributed by atoms with Gasteiger partial charge < -0.3 is 4.74 Å². The zero-order valence-corrected chi connectivity index (χ0v) is 6.60. The van der Waals surface area contributed by atoms with Gasteiger partial charge in [0, 0.05) is 6.42 Å². The van der Waals surface area contributed by atoms with E-state index in [1.807, 2.05) is 0 Å². The second-order valence-electron chi connectivity index (χ2n) is 2.48. The van der Waals surface area contributed by atoms with Crippen molar-refractivity contribution >= 4 is 5.97 Å². The van der Waals surface area contributed by atoms with Gasteiger partial charge in [0.1, 0.15) is 0 Å². The molecule has 0 heterocycles. The molecule has 0 fully saturated rings. The Kier molecular flexibility index (Phi) is 2.95. The van der Waals surface area contributed by atoms with E-state index in [2.05, 4.69) is 5.92 Å². The van der Waals surface area contributed by atoms with Gasteiger partial charge in [-0.25, -0.2) is 0 Å². The molecule has 2 nitrogen and oxygen atoms in total. The molecule has 0 saturated heterocycles. The first-order valence-electron chi connectivity index (χ1n) is 3.21. The number of carbonyl (C=O) groups excluding carboxylic acids is 1. The molecule has 0 N–H and O–H groups in total. The number of esters is 1. The van der Waals surface area contributed by atoms with Crippen molar-refractivity contribution < 1.29 is 9.53 Å². The molecule has 0 atom stereocenters. The topological polar surface area (TPSA) is 26.3 Å². The van der Waals surface area contributed by atoms with Crippen LogP contribution in [0.4, 0.5) is 0 Å². The zero-order chi connectivity index (χ0) is 8.20. The first-order valence-corrected chi connectivity index (χ1v) is 3.21. The third kappa shape index (κ3) is 3.13. The lowest BCUT2D eigenvalue weighted by molar-refractivity contribution is -0.151. The minimum Gasteiger partial charge on any atom is -0.446 e. The summed E-state index contributed by atoms with van der Waals surface area (Å²) in [6, 6.07) is 0. The average molecular weight is 140 g/mol. The summed E-state index contributed by atoms with van der Waals surface area (Å²) in [5.41, 5.74) is -0.757. The summed E-state index contributed by atoms with van der Waals surface area (Å²) < 4.78 is 4.86. The molecule has 10 heavy (non-hydrogen) atoms. The third-order valence-electron chi connectivity index (χ3n) is 1.01. The third-order valence-corrected chi connectivity index (χ3v) is 1.01. The lowest BCUT2D eigenvalue weighted by Gasteiger charge is -2.17. The minimum atomic E-state index is -0.757. The van der Waals surface area contributed by atoms with E-state index >= 15 is 0 Å². The highest BCUT2D eigenvalue weighted by Gasteiger charge is 2.17. The summed E-state index contributed by atoms with van der Waals surface area (Å²) in [7, 11) is 0. The monoisotopic (exact) mass is 140 g/mol. The van der Waals surface area contributed by atoms with Crippen molar-refractivity contribution in [1.82, 2.24) is 0 Å². The largest absolute Gasteiger partial charge is 0.446 e. The molecule has 0 bridgehead atoms. The van der Waals surface area contributed by atoms with Gasteiger partial charge in [-0.05, 0) is 13.8 Å². The molecular weight excluding hydrogens is 128 g/mol. The number of ether oxygens (including phenoxy) is 1. The Labute approximate surface area is 61.6 Å². The Morgan fingerprint density at radius 1 is 1.70 bits per heavy atom. The lowest BCUT2D eigenvalue weighted by Crippen LogP contribution is -2.25. The van der Waals surface area contributed by atoms with Crippen molar-refractivity contribution in [3.8, 4) is 12.3 Å². The second kappa shape index (κ2) is 3.26. The van der Waals surface area contributed by atoms with Gasteiger partial charge in [-0.3, -0.25) is 4.79 Å². The van der Waals surface area contributed by atoms with Gasteiger partial charge in [-0.15, -0.1) is 6.42 Å². The fourth-order valence-corrected chi connectivity index (χ4v) is 0.386. The minimum absolute atomic E-state index is 0.261. The van der Waals surface area contributed by atoms with E-state index in [-0.39, 0.29) is 5.97 Å². The van der Waals surface area contributed by atoms with Crippen LogP contribution in [0.5, 0.6) is 0 Å². The van der Waals surface area contributed by atoms with Crippen LogP contribution >= 0.6 is 0 Å². The molecule has 0 rings (SSSR count). The Morgan fingerprint density at radius 2 is 2.20 bits per heavy atom. The fraction of sp³-hybridized carbons (Fsp3) is 0.625. The first kappa shape index (κ1) is 9.03. The highest BCUT2D eigenvalue weighted by atomic mass is 16.6. The second-order valence-corrected chi connectivity index (χ2v) is 2.48. The van der Waals surface area contributed by atoms with Crippen LogP contribution in [0.1, 0.15) is 27.2 Å². The van der Waals surface area contributed by atoms with Crippen molar-refractivity contribution in [2.75, 3.05) is 0 Å². The van der Waals surface area contributed by atoms with E-state index in [0.717, 1.165) is 0 Å². The van der Waals surface area contributed by atoms with Gasteiger partial charge in [0.25, 0.3) is 0 Å². The van der Waals surface area contributed by atoms with Gasteiger partial charge >= 0.3 is 5.97 Å². The normalized spacial score (nSPS) is 10.2. The van der Waals surface area contributed by atoms with Crippen LogP contribution in [-0.2, 0) is 9.53 Å². The van der Waals surface area contributed by atoms with Crippen LogP contribution < -0.4 is 0 Å². The average Bonchev–Trinajstić information content (AvgIpc) is 1.87. The Bertz CT molecular complexity index is 163. The quantitative estimate of drug-likeness (QED) is 0.427. The smallest absolute Gasteiger partial charge is 0.307 e. The van der Waals surface area contributed by atoms with E-state index in [9.17, 15) is 4.79 Å². The van der Waals surface area contributed by atoms with E-state index in [0.29, 0.717) is 6.42 Å². The van der Waals surface area contributed by atoms with Gasteiger partial charge in [-0.2, -0.15) is 0 Å². The summed E-state index contributed by atoms with van der Waals surface area (Å²) in [5, 5.41) is 0. The Hall–Kier alpha value is -0.970. The summed E-state index contributed by atoms with van der Waals surface area (Å²) in [4.78, 5) is 10.7. The highest BCUT2D eigenvalue weighted by Crippen LogP contribution is 2.07. The van der Waals surface area contributed by atoms with Crippen LogP contribution in [0.15, 0.2) is 0 Å². The van der Waals surface area contributed by atoms with Gasteiger partial charge in [0.05, 0.1) is 0 Å². The molecule has 0 aromatic carbocycles. The van der Waals surface area contributed by atoms with Crippen molar-refractivity contribution in [1.29, 1.82) is 0 Å². The number of rotatable bonds is 2. The van der Waals surface area contributed by atoms with Gasteiger partial charge in [0.2, 0.25) is 0 Å². The molecule has 0 radical (unpaired) electrons. The van der Waals surface area contributed by atoms with Crippen LogP contribution in [0, 0.1) is 12.3 Å². The molecule has 56 valence electrons. The molecule has 0 aliphatic rings. The maximum atomic E-state index is 10.7. The highest BCUT2D eigenvalue weighted by molar-refractivity contribution is 5.69. The predicted molar refractivity (Wildman–Crippen MR) is 39.3 cm³/mol. The molecule has 0 amide bonds. The Morgan fingerprint density at radius 3 is 2.50 bits per heavy atom. The van der Waals surface area contributed by atoms with Crippen LogP contribution in [0.2, 0.25) is 0 Å². The van der Waals surface area contributed by atoms with Crippen molar-refractivity contribution in [3.05, 3.63) is 0 Å². The van der Waals surface area contributed by atoms with Crippen molar-refractivity contribution in [2.45, 2.75) is 32.8 Å². The summed E-state index contributed by atoms with van der Waals surface area (Å²) >= 11 is 0. The van der Waals surface area contributed by atoms with Crippen molar-refractivity contribution in [2.24, 2.45) is 0 Å². The molecule has 0 unspecified atom stereocenters. The predicted octanol–water partition coefficient (Wildman–Crippen LogP) is 1.35. The number of hydrogen-bond acceptors (Lipinski definition) is 2. The number of carbonyl (C=O) groups is 1. The van der Waals surface area contributed by atoms with Crippen LogP contribution in [-0.4, -0.2) is 11.6 Å². The Balaban J connectivity index is 3.92. The van der Waals surface area contributed by atoms with Crippen molar-refractivity contribution in [3.63, 3.8) is 0 Å². The molecule has 0 aromatic rings. The van der Waals surface area contributed by atoms with E-state index in [1.165, 1.54) is 0 Å².